The first kappa shape index (κ1) is 16.6. The molecule has 1 fully saturated rings. The van der Waals surface area contributed by atoms with Gasteiger partial charge in [-0.25, -0.2) is 8.78 Å². The van der Waals surface area contributed by atoms with Crippen LogP contribution < -0.4 is 10.6 Å². The summed E-state index contributed by atoms with van der Waals surface area (Å²) in [4.78, 5) is 12.6. The maximum atomic E-state index is 13.2. The molecule has 24 heavy (non-hydrogen) atoms. The van der Waals surface area contributed by atoms with Gasteiger partial charge in [0.1, 0.15) is 17.7 Å². The number of halogens is 2. The average molecular weight is 330 g/mol. The highest BCUT2D eigenvalue weighted by atomic mass is 19.1. The largest absolute Gasteiger partial charge is 0.352 e. The zero-order valence-electron chi connectivity index (χ0n) is 13.4. The number of nitrogens with one attached hydrogen (secondary N) is 2. The summed E-state index contributed by atoms with van der Waals surface area (Å²) >= 11 is 0. The summed E-state index contributed by atoms with van der Waals surface area (Å²) < 4.78 is 26.3. The van der Waals surface area contributed by atoms with E-state index < -0.39 is 6.04 Å². The molecule has 0 aliphatic heterocycles. The van der Waals surface area contributed by atoms with Gasteiger partial charge in [0.15, 0.2) is 0 Å². The first-order chi connectivity index (χ1) is 11.5. The van der Waals surface area contributed by atoms with Crippen molar-refractivity contribution in [3.05, 3.63) is 71.3 Å². The molecule has 0 aromatic heterocycles. The molecule has 2 aromatic rings. The minimum atomic E-state index is -0.591. The summed E-state index contributed by atoms with van der Waals surface area (Å²) in [5.41, 5.74) is 1.58. The van der Waals surface area contributed by atoms with E-state index >= 15 is 0 Å². The highest BCUT2D eigenvalue weighted by Crippen LogP contribution is 2.24. The molecule has 1 amide bonds. The fourth-order valence-electron chi connectivity index (χ4n) is 2.59. The Hall–Kier alpha value is -2.27. The maximum absolute atomic E-state index is 13.2. The summed E-state index contributed by atoms with van der Waals surface area (Å²) in [6.45, 7) is 1.91. The van der Waals surface area contributed by atoms with Crippen LogP contribution in [0.5, 0.6) is 0 Å². The van der Waals surface area contributed by atoms with Crippen LogP contribution >= 0.6 is 0 Å². The molecule has 2 atom stereocenters. The summed E-state index contributed by atoms with van der Waals surface area (Å²) in [5, 5.41) is 6.24. The van der Waals surface area contributed by atoms with E-state index in [0.717, 1.165) is 18.4 Å². The molecule has 0 radical (unpaired) electrons. The van der Waals surface area contributed by atoms with Crippen LogP contribution in [0.15, 0.2) is 48.5 Å². The lowest BCUT2D eigenvalue weighted by Gasteiger charge is -2.23. The normalized spacial score (nSPS) is 16.5. The molecular weight excluding hydrogens is 310 g/mol. The molecule has 0 saturated heterocycles. The van der Waals surface area contributed by atoms with Crippen LogP contribution in [0.2, 0.25) is 0 Å². The van der Waals surface area contributed by atoms with Gasteiger partial charge < -0.3 is 5.32 Å². The van der Waals surface area contributed by atoms with Crippen molar-refractivity contribution < 1.29 is 13.6 Å². The monoisotopic (exact) mass is 330 g/mol. The molecule has 3 rings (SSSR count). The SMILES string of the molecule is C[C@H](N[C@@H](C(=O)NC1CC1)c1ccc(F)cc1)c1ccc(F)cc1. The van der Waals surface area contributed by atoms with Crippen molar-refractivity contribution in [2.45, 2.75) is 37.9 Å². The Labute approximate surface area is 140 Å². The molecule has 3 nitrogen and oxygen atoms in total. The molecule has 1 saturated carbocycles. The van der Waals surface area contributed by atoms with Gasteiger partial charge in [-0.2, -0.15) is 0 Å². The van der Waals surface area contributed by atoms with Crippen molar-refractivity contribution in [2.24, 2.45) is 0 Å². The number of rotatable bonds is 6. The number of hydrogen-bond donors (Lipinski definition) is 2. The fraction of sp³-hybridized carbons (Fsp3) is 0.316. The number of amides is 1. The summed E-state index contributed by atoms with van der Waals surface area (Å²) in [5.74, 6) is -0.766. The van der Waals surface area contributed by atoms with E-state index in [9.17, 15) is 13.6 Å². The molecule has 0 heterocycles. The Morgan fingerprint density at radius 2 is 1.46 bits per heavy atom. The second-order valence-corrected chi connectivity index (χ2v) is 6.21. The molecule has 1 aliphatic rings. The Bertz CT molecular complexity index is 696. The number of carbonyl (C=O) groups is 1. The third-order valence-electron chi connectivity index (χ3n) is 4.18. The Kier molecular flexibility index (Phi) is 4.90. The number of hydrogen-bond acceptors (Lipinski definition) is 2. The van der Waals surface area contributed by atoms with Crippen molar-refractivity contribution in [2.75, 3.05) is 0 Å². The predicted molar refractivity (Wildman–Crippen MR) is 88.3 cm³/mol. The van der Waals surface area contributed by atoms with Crippen LogP contribution in [-0.2, 0) is 4.79 Å². The molecule has 5 heteroatoms. The standard InChI is InChI=1S/C19H20F2N2O/c1-12(13-2-6-15(20)7-3-13)22-18(19(24)23-17-10-11-17)14-4-8-16(21)9-5-14/h2-9,12,17-18,22H,10-11H2,1H3,(H,23,24)/t12-,18+/m0/s1. The predicted octanol–water partition coefficient (Wildman–Crippen LogP) is 3.64. The Balaban J connectivity index is 1.79. The molecule has 2 N–H and O–H groups in total. The topological polar surface area (TPSA) is 41.1 Å². The molecular formula is C19H20F2N2O. The van der Waals surface area contributed by atoms with E-state index in [1.54, 1.807) is 24.3 Å². The van der Waals surface area contributed by atoms with E-state index in [4.69, 9.17) is 0 Å². The molecule has 126 valence electrons. The van der Waals surface area contributed by atoms with E-state index in [1.165, 1.54) is 24.3 Å². The van der Waals surface area contributed by atoms with Gasteiger partial charge in [-0.3, -0.25) is 10.1 Å². The Morgan fingerprint density at radius 3 is 1.96 bits per heavy atom. The smallest absolute Gasteiger partial charge is 0.241 e. The first-order valence-corrected chi connectivity index (χ1v) is 8.10. The molecule has 2 aromatic carbocycles. The van der Waals surface area contributed by atoms with E-state index in [0.29, 0.717) is 5.56 Å². The lowest BCUT2D eigenvalue weighted by molar-refractivity contribution is -0.123. The van der Waals surface area contributed by atoms with Gasteiger partial charge in [-0.05, 0) is 55.2 Å². The average Bonchev–Trinajstić information content (AvgIpc) is 3.38. The van der Waals surface area contributed by atoms with Crippen LogP contribution in [0.25, 0.3) is 0 Å². The van der Waals surface area contributed by atoms with E-state index in [-0.39, 0.29) is 29.6 Å². The number of carbonyl (C=O) groups excluding carboxylic acids is 1. The van der Waals surface area contributed by atoms with Gasteiger partial charge in [0.05, 0.1) is 0 Å². The maximum Gasteiger partial charge on any atom is 0.241 e. The van der Waals surface area contributed by atoms with Crippen molar-refractivity contribution in [1.82, 2.24) is 10.6 Å². The zero-order chi connectivity index (χ0) is 17.1. The van der Waals surface area contributed by atoms with Crippen LogP contribution in [0, 0.1) is 11.6 Å². The lowest BCUT2D eigenvalue weighted by atomic mass is 10.0. The van der Waals surface area contributed by atoms with Gasteiger partial charge >= 0.3 is 0 Å². The summed E-state index contributed by atoms with van der Waals surface area (Å²) in [6.07, 6.45) is 1.99. The summed E-state index contributed by atoms with van der Waals surface area (Å²) in [6, 6.07) is 11.6. The third kappa shape index (κ3) is 4.17. The van der Waals surface area contributed by atoms with Crippen LogP contribution in [0.3, 0.4) is 0 Å². The van der Waals surface area contributed by atoms with Gasteiger partial charge in [0.2, 0.25) is 5.91 Å². The van der Waals surface area contributed by atoms with E-state index in [2.05, 4.69) is 10.6 Å². The van der Waals surface area contributed by atoms with Gasteiger partial charge in [-0.1, -0.05) is 24.3 Å². The van der Waals surface area contributed by atoms with Crippen molar-refractivity contribution in [1.29, 1.82) is 0 Å². The molecule has 1 aliphatic carbocycles. The second-order valence-electron chi connectivity index (χ2n) is 6.21. The van der Waals surface area contributed by atoms with Crippen LogP contribution in [0.4, 0.5) is 8.78 Å². The quantitative estimate of drug-likeness (QED) is 0.849. The van der Waals surface area contributed by atoms with E-state index in [1.807, 2.05) is 6.92 Å². The zero-order valence-corrected chi connectivity index (χ0v) is 13.4. The third-order valence-corrected chi connectivity index (χ3v) is 4.18. The molecule has 0 bridgehead atoms. The Morgan fingerprint density at radius 1 is 0.958 bits per heavy atom. The minimum absolute atomic E-state index is 0.127. The first-order valence-electron chi connectivity index (χ1n) is 8.10. The van der Waals surface area contributed by atoms with Crippen LogP contribution in [0.1, 0.15) is 43.0 Å². The van der Waals surface area contributed by atoms with Crippen molar-refractivity contribution in [3.63, 3.8) is 0 Å². The van der Waals surface area contributed by atoms with Crippen molar-refractivity contribution >= 4 is 5.91 Å². The van der Waals surface area contributed by atoms with Gasteiger partial charge in [0, 0.05) is 12.1 Å². The second kappa shape index (κ2) is 7.09. The fourth-order valence-corrected chi connectivity index (χ4v) is 2.59. The highest BCUT2D eigenvalue weighted by Gasteiger charge is 2.29. The number of benzene rings is 2. The van der Waals surface area contributed by atoms with Crippen LogP contribution in [-0.4, -0.2) is 11.9 Å². The van der Waals surface area contributed by atoms with Gasteiger partial charge in [0.25, 0.3) is 0 Å². The van der Waals surface area contributed by atoms with Crippen molar-refractivity contribution in [3.8, 4) is 0 Å². The highest BCUT2D eigenvalue weighted by molar-refractivity contribution is 5.83. The summed E-state index contributed by atoms with van der Waals surface area (Å²) in [7, 11) is 0. The molecule has 0 unspecified atom stereocenters. The lowest BCUT2D eigenvalue weighted by Crippen LogP contribution is -2.39. The van der Waals surface area contributed by atoms with Gasteiger partial charge in [-0.15, -0.1) is 0 Å². The minimum Gasteiger partial charge on any atom is -0.352 e. The molecule has 0 spiro atoms.